The number of hydrogen-bond donors (Lipinski definition) is 1. The van der Waals surface area contributed by atoms with E-state index in [0.29, 0.717) is 5.92 Å². The molecule has 1 saturated carbocycles. The summed E-state index contributed by atoms with van der Waals surface area (Å²) in [5, 5.41) is 8.16. The van der Waals surface area contributed by atoms with E-state index in [2.05, 4.69) is 62.3 Å². The Morgan fingerprint density at radius 1 is 1.10 bits per heavy atom. The first-order valence-corrected chi connectivity index (χ1v) is 9.02. The topological polar surface area (TPSA) is 12.0 Å². The van der Waals surface area contributed by atoms with E-state index in [9.17, 15) is 0 Å². The van der Waals surface area contributed by atoms with Gasteiger partial charge in [0, 0.05) is 10.5 Å². The number of hydrogen-bond acceptors (Lipinski definition) is 2. The summed E-state index contributed by atoms with van der Waals surface area (Å²) in [4.78, 5) is 0. The molecule has 0 saturated heterocycles. The summed E-state index contributed by atoms with van der Waals surface area (Å²) in [7, 11) is 0. The van der Waals surface area contributed by atoms with E-state index in [-0.39, 0.29) is 0 Å². The lowest BCUT2D eigenvalue weighted by Gasteiger charge is -2.17. The molecule has 1 N–H and O–H groups in total. The van der Waals surface area contributed by atoms with E-state index in [0.717, 1.165) is 23.5 Å². The van der Waals surface area contributed by atoms with Crippen molar-refractivity contribution in [1.29, 1.82) is 0 Å². The van der Waals surface area contributed by atoms with Crippen LogP contribution in [0.5, 0.6) is 0 Å². The first-order chi connectivity index (χ1) is 9.79. The fourth-order valence-electron chi connectivity index (χ4n) is 2.53. The second-order valence-electron chi connectivity index (χ2n) is 5.71. The van der Waals surface area contributed by atoms with Crippen LogP contribution in [0.2, 0.25) is 0 Å². The fraction of sp³-hybridized carbons (Fsp3) is 0.412. The van der Waals surface area contributed by atoms with Crippen molar-refractivity contribution in [3.05, 3.63) is 56.7 Å². The summed E-state index contributed by atoms with van der Waals surface area (Å²) in [6.07, 6.45) is 5.06. The van der Waals surface area contributed by atoms with Crippen molar-refractivity contribution in [3.8, 4) is 0 Å². The molecule has 0 spiro atoms. The Morgan fingerprint density at radius 3 is 2.50 bits per heavy atom. The average Bonchev–Trinajstić information content (AvgIpc) is 3.15. The highest BCUT2D eigenvalue weighted by Crippen LogP contribution is 2.22. The molecule has 3 heteroatoms. The minimum atomic E-state index is 0.686. The molecule has 1 aromatic heterocycles. The zero-order valence-electron chi connectivity index (χ0n) is 11.5. The number of halogens is 1. The van der Waals surface area contributed by atoms with Crippen LogP contribution >= 0.6 is 27.3 Å². The molecule has 106 valence electrons. The highest BCUT2D eigenvalue weighted by Gasteiger charge is 2.22. The van der Waals surface area contributed by atoms with Gasteiger partial charge in [0.2, 0.25) is 0 Å². The molecule has 0 radical (unpaired) electrons. The lowest BCUT2D eigenvalue weighted by atomic mass is 9.93. The number of thiophene rings is 1. The van der Waals surface area contributed by atoms with Gasteiger partial charge in [-0.1, -0.05) is 28.1 Å². The Morgan fingerprint density at radius 2 is 1.85 bits per heavy atom. The fourth-order valence-corrected chi connectivity index (χ4v) is 3.48. The third kappa shape index (κ3) is 4.44. The molecule has 3 rings (SSSR count). The molecule has 1 atom stereocenters. The molecule has 20 heavy (non-hydrogen) atoms. The molecule has 1 fully saturated rings. The molecule has 1 aromatic carbocycles. The van der Waals surface area contributed by atoms with Gasteiger partial charge in [0.25, 0.3) is 0 Å². The predicted molar refractivity (Wildman–Crippen MR) is 90.4 cm³/mol. The van der Waals surface area contributed by atoms with E-state index in [4.69, 9.17) is 0 Å². The van der Waals surface area contributed by atoms with Crippen LogP contribution in [0.25, 0.3) is 0 Å². The Balaban J connectivity index is 1.61. The lowest BCUT2D eigenvalue weighted by molar-refractivity contribution is 0.469. The summed E-state index contributed by atoms with van der Waals surface area (Å²) < 4.78 is 1.16. The molecular formula is C17H20BrNS. The van der Waals surface area contributed by atoms with Crippen LogP contribution in [-0.2, 0) is 12.8 Å². The Bertz CT molecular complexity index is 516. The lowest BCUT2D eigenvalue weighted by Crippen LogP contribution is -2.27. The normalized spacial score (nSPS) is 16.2. The van der Waals surface area contributed by atoms with E-state index >= 15 is 0 Å². The first kappa shape index (κ1) is 14.3. The Kier molecular flexibility index (Phi) is 4.92. The molecule has 1 heterocycles. The predicted octanol–water partition coefficient (Wildman–Crippen LogP) is 4.66. The van der Waals surface area contributed by atoms with Gasteiger partial charge in [0.15, 0.2) is 0 Å². The average molecular weight is 350 g/mol. The Hall–Kier alpha value is -0.640. The van der Waals surface area contributed by atoms with E-state index in [1.165, 1.54) is 30.4 Å². The molecule has 1 aliphatic rings. The minimum absolute atomic E-state index is 0.686. The maximum absolute atomic E-state index is 3.69. The van der Waals surface area contributed by atoms with Crippen molar-refractivity contribution >= 4 is 27.3 Å². The van der Waals surface area contributed by atoms with Gasteiger partial charge in [-0.15, -0.1) is 0 Å². The third-order valence-corrected chi connectivity index (χ3v) is 5.08. The van der Waals surface area contributed by atoms with Crippen LogP contribution in [0, 0.1) is 5.92 Å². The summed E-state index contributed by atoms with van der Waals surface area (Å²) in [6, 6.07) is 11.8. The van der Waals surface area contributed by atoms with Gasteiger partial charge in [0.1, 0.15) is 0 Å². The molecule has 0 amide bonds. The monoisotopic (exact) mass is 349 g/mol. The SMILES string of the molecule is Brc1ccc(CC(CNC2CC2)Cc2ccsc2)cc1. The number of nitrogens with one attached hydrogen (secondary N) is 1. The summed E-state index contributed by atoms with van der Waals surface area (Å²) in [5.41, 5.74) is 2.92. The first-order valence-electron chi connectivity index (χ1n) is 7.28. The molecule has 0 aliphatic heterocycles. The standard InChI is InChI=1S/C17H20BrNS/c18-16-3-1-13(2-4-16)9-15(11-19-17-5-6-17)10-14-7-8-20-12-14/h1-4,7-8,12,15,17,19H,5-6,9-11H2. The number of rotatable bonds is 7. The van der Waals surface area contributed by atoms with Gasteiger partial charge in [-0.05, 0) is 78.2 Å². The maximum atomic E-state index is 3.69. The van der Waals surface area contributed by atoms with Crippen molar-refractivity contribution in [2.45, 2.75) is 31.7 Å². The molecule has 0 bridgehead atoms. The second-order valence-corrected chi connectivity index (χ2v) is 7.41. The van der Waals surface area contributed by atoms with Crippen LogP contribution < -0.4 is 5.32 Å². The van der Waals surface area contributed by atoms with Crippen LogP contribution in [0.3, 0.4) is 0 Å². The quantitative estimate of drug-likeness (QED) is 0.766. The maximum Gasteiger partial charge on any atom is 0.0175 e. The van der Waals surface area contributed by atoms with Gasteiger partial charge in [-0.2, -0.15) is 11.3 Å². The molecule has 1 aliphatic carbocycles. The van der Waals surface area contributed by atoms with Crippen molar-refractivity contribution in [2.75, 3.05) is 6.54 Å². The van der Waals surface area contributed by atoms with Crippen LogP contribution in [0.1, 0.15) is 24.0 Å². The number of benzene rings is 1. The molecule has 1 nitrogen and oxygen atoms in total. The highest BCUT2D eigenvalue weighted by molar-refractivity contribution is 9.10. The largest absolute Gasteiger partial charge is 0.314 e. The summed E-state index contributed by atoms with van der Waals surface area (Å²) in [5.74, 6) is 0.686. The third-order valence-electron chi connectivity index (χ3n) is 3.81. The van der Waals surface area contributed by atoms with Gasteiger partial charge >= 0.3 is 0 Å². The van der Waals surface area contributed by atoms with Gasteiger partial charge in [-0.25, -0.2) is 0 Å². The van der Waals surface area contributed by atoms with E-state index in [1.54, 1.807) is 11.3 Å². The Labute approximate surface area is 133 Å². The molecule has 1 unspecified atom stereocenters. The van der Waals surface area contributed by atoms with Crippen LogP contribution in [-0.4, -0.2) is 12.6 Å². The van der Waals surface area contributed by atoms with Crippen molar-refractivity contribution in [2.24, 2.45) is 5.92 Å². The van der Waals surface area contributed by atoms with Crippen molar-refractivity contribution in [3.63, 3.8) is 0 Å². The second kappa shape index (κ2) is 6.88. The van der Waals surface area contributed by atoms with Crippen molar-refractivity contribution < 1.29 is 0 Å². The van der Waals surface area contributed by atoms with E-state index < -0.39 is 0 Å². The zero-order valence-corrected chi connectivity index (χ0v) is 13.9. The highest BCUT2D eigenvalue weighted by atomic mass is 79.9. The molecule has 2 aromatic rings. The van der Waals surface area contributed by atoms with Gasteiger partial charge in [-0.3, -0.25) is 0 Å². The van der Waals surface area contributed by atoms with Gasteiger partial charge < -0.3 is 5.32 Å². The summed E-state index contributed by atoms with van der Waals surface area (Å²) in [6.45, 7) is 1.14. The minimum Gasteiger partial charge on any atom is -0.314 e. The van der Waals surface area contributed by atoms with Gasteiger partial charge in [0.05, 0.1) is 0 Å². The summed E-state index contributed by atoms with van der Waals surface area (Å²) >= 11 is 5.31. The van der Waals surface area contributed by atoms with Crippen LogP contribution in [0.4, 0.5) is 0 Å². The smallest absolute Gasteiger partial charge is 0.0175 e. The molecular weight excluding hydrogens is 330 g/mol. The van der Waals surface area contributed by atoms with E-state index in [1.807, 2.05) is 0 Å². The van der Waals surface area contributed by atoms with Crippen LogP contribution in [0.15, 0.2) is 45.6 Å². The zero-order chi connectivity index (χ0) is 13.8. The van der Waals surface area contributed by atoms with Crippen molar-refractivity contribution in [1.82, 2.24) is 5.32 Å².